The third-order valence-corrected chi connectivity index (χ3v) is 6.56. The molecule has 1 N–H and O–H groups in total. The largest absolute Gasteiger partial charge is 0.303 e. The second kappa shape index (κ2) is 16.7. The first kappa shape index (κ1) is 29.3. The molecule has 0 aromatic heterocycles. The maximum absolute atomic E-state index is 13.0. The van der Waals surface area contributed by atoms with Gasteiger partial charge in [-0.05, 0) is 69.3 Å². The molecule has 4 heteroatoms. The number of hydrogen-bond acceptors (Lipinski definition) is 3. The lowest BCUT2D eigenvalue weighted by atomic mass is 9.91. The Balaban J connectivity index is 0.000000783. The Morgan fingerprint density at radius 2 is 1.80 bits per heavy atom. The van der Waals surface area contributed by atoms with Gasteiger partial charge in [0.15, 0.2) is 5.78 Å². The minimum absolute atomic E-state index is 0.155. The Kier molecular flexibility index (Phi) is 14.0. The van der Waals surface area contributed by atoms with Crippen LogP contribution in [-0.2, 0) is 4.79 Å². The monoisotopic (exact) mass is 496 g/mol. The van der Waals surface area contributed by atoms with Gasteiger partial charge in [0.1, 0.15) is 0 Å². The number of Topliss-reactive ketones (excluding diaryl/α,β-unsaturated/α-hetero) is 1. The number of allylic oxidation sites excluding steroid dienone is 8. The number of halogens is 1. The van der Waals surface area contributed by atoms with Crippen molar-refractivity contribution in [1.82, 2.24) is 10.2 Å². The highest BCUT2D eigenvalue weighted by atomic mass is 35.5. The Bertz CT molecular complexity index is 898. The van der Waals surface area contributed by atoms with E-state index >= 15 is 0 Å². The first-order valence-corrected chi connectivity index (χ1v) is 13.9. The lowest BCUT2D eigenvalue weighted by Gasteiger charge is -2.16. The summed E-state index contributed by atoms with van der Waals surface area (Å²) < 4.78 is 0. The molecular weight excluding hydrogens is 452 g/mol. The van der Waals surface area contributed by atoms with Crippen molar-refractivity contribution in [2.45, 2.75) is 79.1 Å². The number of rotatable bonds is 8. The van der Waals surface area contributed by atoms with E-state index in [0.717, 1.165) is 49.2 Å². The van der Waals surface area contributed by atoms with Crippen LogP contribution in [0.3, 0.4) is 0 Å². The zero-order valence-electron chi connectivity index (χ0n) is 22.3. The topological polar surface area (TPSA) is 32.3 Å². The molecule has 1 heterocycles. The number of nitrogens with one attached hydrogen (secondary N) is 1. The Morgan fingerprint density at radius 1 is 1.09 bits per heavy atom. The van der Waals surface area contributed by atoms with Gasteiger partial charge in [-0.25, -0.2) is 0 Å². The fourth-order valence-electron chi connectivity index (χ4n) is 4.10. The van der Waals surface area contributed by atoms with Gasteiger partial charge in [-0.2, -0.15) is 0 Å². The summed E-state index contributed by atoms with van der Waals surface area (Å²) in [5, 5.41) is 4.07. The van der Waals surface area contributed by atoms with E-state index in [1.54, 1.807) is 0 Å². The third kappa shape index (κ3) is 11.1. The zero-order valence-corrected chi connectivity index (χ0v) is 23.1. The van der Waals surface area contributed by atoms with Crippen molar-refractivity contribution < 1.29 is 4.79 Å². The van der Waals surface area contributed by atoms with Gasteiger partial charge >= 0.3 is 0 Å². The van der Waals surface area contributed by atoms with Crippen molar-refractivity contribution in [1.29, 1.82) is 0 Å². The van der Waals surface area contributed by atoms with Crippen LogP contribution in [0.15, 0.2) is 65.3 Å². The summed E-state index contributed by atoms with van der Waals surface area (Å²) in [5.74, 6) is 0.155. The van der Waals surface area contributed by atoms with E-state index in [-0.39, 0.29) is 5.78 Å². The smallest absolute Gasteiger partial charge is 0.167 e. The maximum Gasteiger partial charge on any atom is 0.167 e. The molecule has 2 aliphatic carbocycles. The second-order valence-corrected chi connectivity index (χ2v) is 9.60. The fourth-order valence-corrected chi connectivity index (χ4v) is 4.23. The highest BCUT2D eigenvalue weighted by Crippen LogP contribution is 2.26. The molecule has 0 atom stereocenters. The average Bonchev–Trinajstić information content (AvgIpc) is 3.67. The van der Waals surface area contributed by atoms with Crippen LogP contribution in [0.25, 0.3) is 5.57 Å². The molecule has 0 bridgehead atoms. The number of nitrogens with zero attached hydrogens (tertiary/aromatic N) is 1. The van der Waals surface area contributed by atoms with Crippen molar-refractivity contribution in [3.63, 3.8) is 0 Å². The van der Waals surface area contributed by atoms with Crippen molar-refractivity contribution >= 4 is 23.0 Å². The van der Waals surface area contributed by atoms with Crippen LogP contribution < -0.4 is 5.32 Å². The van der Waals surface area contributed by atoms with E-state index in [0.29, 0.717) is 11.4 Å². The molecule has 2 fully saturated rings. The zero-order chi connectivity index (χ0) is 25.5. The van der Waals surface area contributed by atoms with E-state index in [2.05, 4.69) is 35.4 Å². The van der Waals surface area contributed by atoms with Crippen molar-refractivity contribution in [3.05, 3.63) is 75.9 Å². The molecular formula is C31H45ClN2O. The van der Waals surface area contributed by atoms with Crippen LogP contribution in [-0.4, -0.2) is 37.0 Å². The Labute approximate surface area is 219 Å². The summed E-state index contributed by atoms with van der Waals surface area (Å²) in [5.41, 5.74) is 5.57. The predicted octanol–water partition coefficient (Wildman–Crippen LogP) is 8.13. The highest BCUT2D eigenvalue weighted by Gasteiger charge is 2.15. The molecule has 3 aliphatic rings. The first-order chi connectivity index (χ1) is 17.1. The van der Waals surface area contributed by atoms with E-state index in [4.69, 9.17) is 11.6 Å². The molecule has 0 radical (unpaired) electrons. The van der Waals surface area contributed by atoms with Gasteiger partial charge < -0.3 is 5.32 Å². The van der Waals surface area contributed by atoms with E-state index in [1.807, 2.05) is 51.1 Å². The molecule has 4 rings (SSSR count). The third-order valence-electron chi connectivity index (χ3n) is 6.31. The minimum Gasteiger partial charge on any atom is -0.303 e. The molecule has 192 valence electrons. The van der Waals surface area contributed by atoms with Gasteiger partial charge in [0.05, 0.1) is 0 Å². The van der Waals surface area contributed by atoms with E-state index < -0.39 is 0 Å². The van der Waals surface area contributed by atoms with Crippen LogP contribution in [0.2, 0.25) is 5.02 Å². The SMILES string of the molecule is C/C=C(\C(=O)CC1=C/C/C=C(/CCCN2CCNC2)C/C=C\1C)c1ccc(Cl)cc1.C1CC1.CC. The molecule has 1 aliphatic heterocycles. The number of ketones is 1. The van der Waals surface area contributed by atoms with Gasteiger partial charge in [-0.15, -0.1) is 0 Å². The van der Waals surface area contributed by atoms with Gasteiger partial charge in [0, 0.05) is 36.8 Å². The van der Waals surface area contributed by atoms with Crippen LogP contribution in [0.1, 0.15) is 84.6 Å². The summed E-state index contributed by atoms with van der Waals surface area (Å²) in [6.07, 6.45) is 18.0. The standard InChI is InChI=1S/C26H33ClN2O.C3H6.C2H6/c1-3-25(22-11-13-24(27)14-12-22)26(30)18-23-8-4-6-21(10-9-20(23)2)7-5-16-29-17-15-28-19-29;1-2-3-1;1-2/h3,6,8-9,11-14,28H,4-5,7,10,15-19H2,1-2H3;1-3H2;1-2H3/b20-9-,21-6-,23-8-,25-3-;;. The molecule has 1 aromatic rings. The number of benzene rings is 1. The van der Waals surface area contributed by atoms with Crippen molar-refractivity contribution in [2.75, 3.05) is 26.3 Å². The summed E-state index contributed by atoms with van der Waals surface area (Å²) in [4.78, 5) is 15.5. The highest BCUT2D eigenvalue weighted by molar-refractivity contribution is 6.30. The van der Waals surface area contributed by atoms with Gasteiger partial charge in [-0.3, -0.25) is 9.69 Å². The molecule has 1 saturated heterocycles. The molecule has 3 nitrogen and oxygen atoms in total. The van der Waals surface area contributed by atoms with Crippen LogP contribution in [0.4, 0.5) is 0 Å². The van der Waals surface area contributed by atoms with Crippen LogP contribution in [0, 0.1) is 0 Å². The molecule has 1 saturated carbocycles. The normalized spacial score (nSPS) is 22.4. The van der Waals surface area contributed by atoms with Crippen LogP contribution >= 0.6 is 11.6 Å². The van der Waals surface area contributed by atoms with E-state index in [9.17, 15) is 4.79 Å². The van der Waals surface area contributed by atoms with Crippen molar-refractivity contribution in [2.24, 2.45) is 0 Å². The second-order valence-electron chi connectivity index (χ2n) is 9.17. The summed E-state index contributed by atoms with van der Waals surface area (Å²) in [7, 11) is 0. The van der Waals surface area contributed by atoms with Gasteiger partial charge in [0.25, 0.3) is 0 Å². The molecule has 0 unspecified atom stereocenters. The van der Waals surface area contributed by atoms with E-state index in [1.165, 1.54) is 49.9 Å². The van der Waals surface area contributed by atoms with Crippen LogP contribution in [0.5, 0.6) is 0 Å². The fraction of sp³-hybridized carbons (Fsp3) is 0.516. The molecule has 35 heavy (non-hydrogen) atoms. The van der Waals surface area contributed by atoms with Crippen molar-refractivity contribution in [3.8, 4) is 0 Å². The Hall–Kier alpha value is -1.94. The summed E-state index contributed by atoms with van der Waals surface area (Å²) >= 11 is 5.99. The minimum atomic E-state index is 0.155. The first-order valence-electron chi connectivity index (χ1n) is 13.5. The van der Waals surface area contributed by atoms with Gasteiger partial charge in [0.2, 0.25) is 0 Å². The number of hydrogen-bond donors (Lipinski definition) is 1. The van der Waals surface area contributed by atoms with Gasteiger partial charge in [-0.1, -0.05) is 92.3 Å². The lowest BCUT2D eigenvalue weighted by molar-refractivity contribution is -0.113. The lowest BCUT2D eigenvalue weighted by Crippen LogP contribution is -2.23. The maximum atomic E-state index is 13.0. The molecule has 0 amide bonds. The predicted molar refractivity (Wildman–Crippen MR) is 153 cm³/mol. The summed E-state index contributed by atoms with van der Waals surface area (Å²) in [6, 6.07) is 7.50. The number of carbonyl (C=O) groups is 1. The average molecular weight is 497 g/mol. The Morgan fingerprint density at radius 3 is 2.40 bits per heavy atom. The molecule has 0 spiro atoms. The number of carbonyl (C=O) groups excluding carboxylic acids is 1. The molecule has 1 aromatic carbocycles. The summed E-state index contributed by atoms with van der Waals surface area (Å²) in [6.45, 7) is 12.5. The quantitative estimate of drug-likeness (QED) is 0.291.